The summed E-state index contributed by atoms with van der Waals surface area (Å²) in [5, 5.41) is 4.10. The zero-order valence-corrected chi connectivity index (χ0v) is 14.8. The van der Waals surface area contributed by atoms with E-state index >= 15 is 0 Å². The van der Waals surface area contributed by atoms with E-state index in [0.717, 1.165) is 28.6 Å². The Kier molecular flexibility index (Phi) is 4.32. The largest absolute Gasteiger partial charge is 0.462 e. The quantitative estimate of drug-likeness (QED) is 0.613. The van der Waals surface area contributed by atoms with Gasteiger partial charge in [-0.3, -0.25) is 0 Å². The van der Waals surface area contributed by atoms with Crippen LogP contribution >= 0.6 is 11.5 Å². The number of esters is 1. The van der Waals surface area contributed by atoms with Crippen molar-refractivity contribution in [1.82, 2.24) is 9.59 Å². The molecule has 0 unspecified atom stereocenters. The average Bonchev–Trinajstić information content (AvgIpc) is 3.38. The number of benzene rings is 2. The summed E-state index contributed by atoms with van der Waals surface area (Å²) in [7, 11) is 0. The molecule has 0 radical (unpaired) electrons. The average molecular weight is 350 g/mol. The number of aromatic nitrogens is 2. The molecule has 0 amide bonds. The van der Waals surface area contributed by atoms with Crippen molar-refractivity contribution < 1.29 is 9.53 Å². The van der Waals surface area contributed by atoms with Crippen LogP contribution in [0.5, 0.6) is 0 Å². The molecule has 5 heteroatoms. The van der Waals surface area contributed by atoms with Gasteiger partial charge < -0.3 is 4.74 Å². The lowest BCUT2D eigenvalue weighted by atomic mass is 10.0. The number of rotatable bonds is 5. The van der Waals surface area contributed by atoms with E-state index in [1.807, 2.05) is 12.1 Å². The highest BCUT2D eigenvalue weighted by atomic mass is 32.1. The smallest absolute Gasteiger partial charge is 0.352 e. The van der Waals surface area contributed by atoms with Crippen LogP contribution in [0, 0.1) is 0 Å². The van der Waals surface area contributed by atoms with Crippen molar-refractivity contribution in [3.05, 3.63) is 59.0 Å². The van der Waals surface area contributed by atoms with Gasteiger partial charge in [-0.15, -0.1) is 5.10 Å². The molecule has 0 bridgehead atoms. The molecule has 4 nitrogen and oxygen atoms in total. The Morgan fingerprint density at radius 1 is 1.04 bits per heavy atom. The van der Waals surface area contributed by atoms with Crippen LogP contribution in [0.15, 0.2) is 48.5 Å². The van der Waals surface area contributed by atoms with Gasteiger partial charge in [0, 0.05) is 5.56 Å². The number of hydrogen-bond donors (Lipinski definition) is 0. The topological polar surface area (TPSA) is 52.1 Å². The normalized spacial score (nSPS) is 13.6. The van der Waals surface area contributed by atoms with Crippen LogP contribution in [0.3, 0.4) is 0 Å². The van der Waals surface area contributed by atoms with Crippen molar-refractivity contribution in [2.45, 2.75) is 25.7 Å². The molecule has 0 spiro atoms. The van der Waals surface area contributed by atoms with E-state index in [4.69, 9.17) is 4.74 Å². The molecule has 0 N–H and O–H groups in total. The molecule has 3 aromatic rings. The summed E-state index contributed by atoms with van der Waals surface area (Å²) in [6.45, 7) is 2.13. The number of nitrogens with zero attached hydrogens (tertiary/aromatic N) is 2. The fourth-order valence-electron chi connectivity index (χ4n) is 2.90. The van der Waals surface area contributed by atoms with Gasteiger partial charge in [0.1, 0.15) is 5.69 Å². The molecule has 0 atom stereocenters. The molecule has 0 aliphatic heterocycles. The minimum Gasteiger partial charge on any atom is -0.462 e. The van der Waals surface area contributed by atoms with Gasteiger partial charge in [0.15, 0.2) is 4.88 Å². The van der Waals surface area contributed by atoms with Crippen LogP contribution in [0.4, 0.5) is 0 Å². The molecule has 1 aliphatic carbocycles. The van der Waals surface area contributed by atoms with Crippen LogP contribution in [0.1, 0.15) is 40.9 Å². The van der Waals surface area contributed by atoms with Crippen LogP contribution in [-0.4, -0.2) is 22.2 Å². The van der Waals surface area contributed by atoms with Crippen LogP contribution in [-0.2, 0) is 4.74 Å². The maximum atomic E-state index is 12.0. The second-order valence-corrected chi connectivity index (χ2v) is 6.90. The van der Waals surface area contributed by atoms with Gasteiger partial charge in [-0.2, -0.15) is 0 Å². The summed E-state index contributed by atoms with van der Waals surface area (Å²) in [4.78, 5) is 12.4. The van der Waals surface area contributed by atoms with Gasteiger partial charge in [0.05, 0.1) is 6.61 Å². The molecule has 1 aromatic heterocycles. The van der Waals surface area contributed by atoms with E-state index in [0.29, 0.717) is 17.2 Å². The Bertz CT molecular complexity index is 881. The number of hydrogen-bond acceptors (Lipinski definition) is 5. The zero-order valence-electron chi connectivity index (χ0n) is 13.9. The van der Waals surface area contributed by atoms with E-state index in [2.05, 4.69) is 46.0 Å². The lowest BCUT2D eigenvalue weighted by molar-refractivity contribution is 0.0532. The maximum absolute atomic E-state index is 12.0. The first-order valence-electron chi connectivity index (χ1n) is 8.46. The lowest BCUT2D eigenvalue weighted by Gasteiger charge is -2.06. The Labute approximate surface area is 150 Å². The van der Waals surface area contributed by atoms with E-state index in [1.54, 1.807) is 6.92 Å². The molecule has 1 aliphatic rings. The van der Waals surface area contributed by atoms with Crippen molar-refractivity contribution in [3.63, 3.8) is 0 Å². The van der Waals surface area contributed by atoms with Gasteiger partial charge in [-0.1, -0.05) is 53.0 Å². The van der Waals surface area contributed by atoms with E-state index < -0.39 is 0 Å². The summed E-state index contributed by atoms with van der Waals surface area (Å²) in [6.07, 6.45) is 2.64. The third-order valence-corrected chi connectivity index (χ3v) is 5.11. The molecule has 25 heavy (non-hydrogen) atoms. The van der Waals surface area contributed by atoms with Gasteiger partial charge in [0.2, 0.25) is 0 Å². The molecule has 1 fully saturated rings. The van der Waals surface area contributed by atoms with Crippen molar-refractivity contribution in [1.29, 1.82) is 0 Å². The molecular weight excluding hydrogens is 332 g/mol. The maximum Gasteiger partial charge on any atom is 0.352 e. The summed E-state index contributed by atoms with van der Waals surface area (Å²) in [6, 6.07) is 16.9. The first-order valence-corrected chi connectivity index (χ1v) is 9.24. The van der Waals surface area contributed by atoms with E-state index in [1.165, 1.54) is 24.0 Å². The van der Waals surface area contributed by atoms with Crippen molar-refractivity contribution >= 4 is 17.5 Å². The lowest BCUT2D eigenvalue weighted by Crippen LogP contribution is -2.03. The fraction of sp³-hybridized carbons (Fsp3) is 0.250. The molecule has 1 saturated carbocycles. The van der Waals surface area contributed by atoms with E-state index in [9.17, 15) is 4.79 Å². The third-order valence-electron chi connectivity index (χ3n) is 4.40. The minimum absolute atomic E-state index is 0.339. The van der Waals surface area contributed by atoms with Crippen molar-refractivity contribution in [3.8, 4) is 22.4 Å². The number of ether oxygens (including phenoxy) is 1. The van der Waals surface area contributed by atoms with Crippen molar-refractivity contribution in [2.75, 3.05) is 6.61 Å². The van der Waals surface area contributed by atoms with Crippen molar-refractivity contribution in [2.24, 2.45) is 0 Å². The standard InChI is InChI=1S/C20H18N2O2S/c1-2-24-20(23)19-18(21-22-25-19)17-11-9-16(10-12-17)15-7-5-14(6-8-15)13-3-4-13/h5-13H,2-4H2,1H3. The molecule has 126 valence electrons. The van der Waals surface area contributed by atoms with Crippen LogP contribution < -0.4 is 0 Å². The highest BCUT2D eigenvalue weighted by Gasteiger charge is 2.23. The Morgan fingerprint density at radius 3 is 2.24 bits per heavy atom. The summed E-state index contributed by atoms with van der Waals surface area (Å²) >= 11 is 1.07. The van der Waals surface area contributed by atoms with Gasteiger partial charge >= 0.3 is 5.97 Å². The predicted octanol–water partition coefficient (Wildman–Crippen LogP) is 4.93. The second kappa shape index (κ2) is 6.76. The summed E-state index contributed by atoms with van der Waals surface area (Å²) in [5.41, 5.74) is 5.23. The van der Waals surface area contributed by atoms with Gasteiger partial charge in [0.25, 0.3) is 0 Å². The third kappa shape index (κ3) is 3.33. The number of carbonyl (C=O) groups is 1. The second-order valence-electron chi connectivity index (χ2n) is 6.14. The monoisotopic (exact) mass is 350 g/mol. The molecular formula is C20H18N2O2S. The Hall–Kier alpha value is -2.53. The Balaban J connectivity index is 1.58. The van der Waals surface area contributed by atoms with Crippen LogP contribution in [0.25, 0.3) is 22.4 Å². The predicted molar refractivity (Wildman–Crippen MR) is 98.7 cm³/mol. The molecule has 0 saturated heterocycles. The molecule has 1 heterocycles. The highest BCUT2D eigenvalue weighted by Crippen LogP contribution is 2.40. The first kappa shape index (κ1) is 16.0. The Morgan fingerprint density at radius 2 is 1.64 bits per heavy atom. The van der Waals surface area contributed by atoms with Gasteiger partial charge in [-0.05, 0) is 53.9 Å². The molecule has 4 rings (SSSR count). The highest BCUT2D eigenvalue weighted by molar-refractivity contribution is 7.08. The fourth-order valence-corrected chi connectivity index (χ4v) is 3.48. The summed E-state index contributed by atoms with van der Waals surface area (Å²) < 4.78 is 8.97. The zero-order chi connectivity index (χ0) is 17.2. The number of carbonyl (C=O) groups excluding carboxylic acids is 1. The summed E-state index contributed by atoms with van der Waals surface area (Å²) in [5.74, 6) is 0.405. The SMILES string of the molecule is CCOC(=O)c1snnc1-c1ccc(-c2ccc(C3CC3)cc2)cc1. The van der Waals surface area contributed by atoms with E-state index in [-0.39, 0.29) is 5.97 Å². The van der Waals surface area contributed by atoms with Gasteiger partial charge in [-0.25, -0.2) is 4.79 Å². The molecule has 2 aromatic carbocycles. The first-order chi connectivity index (χ1) is 12.3. The van der Waals surface area contributed by atoms with Crippen LogP contribution in [0.2, 0.25) is 0 Å². The minimum atomic E-state index is -0.368.